The van der Waals surface area contributed by atoms with Gasteiger partial charge in [-0.3, -0.25) is 15.1 Å². The average Bonchev–Trinajstić information content (AvgIpc) is 3.02. The average molecular weight is 379 g/mol. The topological polar surface area (TPSA) is 69.4 Å². The lowest BCUT2D eigenvalue weighted by Gasteiger charge is -2.17. The smallest absolute Gasteiger partial charge is 0.338 e. The zero-order valence-electron chi connectivity index (χ0n) is 16.2. The van der Waals surface area contributed by atoms with Crippen molar-refractivity contribution in [2.45, 2.75) is 26.2 Å². The van der Waals surface area contributed by atoms with Gasteiger partial charge in [0.15, 0.2) is 5.78 Å². The summed E-state index contributed by atoms with van der Waals surface area (Å²) < 4.78 is 5.20. The van der Waals surface area contributed by atoms with Gasteiger partial charge in [-0.05, 0) is 37.8 Å². The van der Waals surface area contributed by atoms with Crippen molar-refractivity contribution in [2.75, 3.05) is 19.7 Å². The molecule has 2 N–H and O–H groups in total. The Morgan fingerprint density at radius 2 is 1.82 bits per heavy atom. The lowest BCUT2D eigenvalue weighted by molar-refractivity contribution is -0.460. The van der Waals surface area contributed by atoms with E-state index in [0.29, 0.717) is 24.2 Å². The first-order valence-electron chi connectivity index (χ1n) is 9.89. The van der Waals surface area contributed by atoms with Gasteiger partial charge in [0.2, 0.25) is 0 Å². The van der Waals surface area contributed by atoms with E-state index in [0.717, 1.165) is 37.3 Å². The van der Waals surface area contributed by atoms with Crippen molar-refractivity contribution in [1.29, 1.82) is 0 Å². The number of carbonyl (C=O) groups is 2. The fraction of sp³-hybridized carbons (Fsp3) is 0.348. The molecule has 1 aliphatic heterocycles. The molecular formula is C23H27N2O3+. The molecule has 1 heterocycles. The molecule has 0 radical (unpaired) electrons. The molecule has 0 saturated carbocycles. The Balaban J connectivity index is 1.95. The number of Topliss-reactive ketones (excluding diaryl/α,β-unsaturated/α-hetero) is 1. The second-order valence-electron chi connectivity index (χ2n) is 6.84. The Kier molecular flexibility index (Phi) is 6.95. The Hall–Kier alpha value is -2.95. The van der Waals surface area contributed by atoms with Gasteiger partial charge < -0.3 is 4.74 Å². The van der Waals surface area contributed by atoms with Crippen molar-refractivity contribution < 1.29 is 19.3 Å². The fourth-order valence-corrected chi connectivity index (χ4v) is 3.46. The van der Waals surface area contributed by atoms with Crippen LogP contribution in [0.5, 0.6) is 0 Å². The second-order valence-corrected chi connectivity index (χ2v) is 6.84. The van der Waals surface area contributed by atoms with E-state index in [1.807, 2.05) is 48.5 Å². The van der Waals surface area contributed by atoms with Crippen LogP contribution in [0.2, 0.25) is 0 Å². The summed E-state index contributed by atoms with van der Waals surface area (Å²) in [7, 11) is 0. The van der Waals surface area contributed by atoms with E-state index in [9.17, 15) is 9.59 Å². The number of benzene rings is 2. The van der Waals surface area contributed by atoms with Gasteiger partial charge >= 0.3 is 5.97 Å². The van der Waals surface area contributed by atoms with Gasteiger partial charge in [-0.25, -0.2) is 4.79 Å². The van der Waals surface area contributed by atoms with E-state index in [2.05, 4.69) is 10.3 Å². The van der Waals surface area contributed by atoms with Crippen LogP contribution in [0, 0.1) is 5.92 Å². The summed E-state index contributed by atoms with van der Waals surface area (Å²) >= 11 is 0. The maximum absolute atomic E-state index is 13.4. The van der Waals surface area contributed by atoms with Crippen LogP contribution in [0.15, 0.2) is 54.6 Å². The molecule has 1 aliphatic rings. The third-order valence-electron chi connectivity index (χ3n) is 4.89. The standard InChI is InChI=1S/C23H26N2O3/c1-2-28-23(27)19-13-7-6-12-18(19)16-20(22-24-14-8-9-15-25-22)21(26)17-10-4-3-5-11-17/h3-7,10-13,20H,2,8-9,14-16H2,1H3,(H,24,25)/p+1. The Morgan fingerprint density at radius 3 is 2.61 bits per heavy atom. The summed E-state index contributed by atoms with van der Waals surface area (Å²) in [5.74, 6) is 0.119. The van der Waals surface area contributed by atoms with E-state index < -0.39 is 5.92 Å². The van der Waals surface area contributed by atoms with Gasteiger partial charge in [0, 0.05) is 5.56 Å². The number of esters is 1. The molecule has 0 aromatic heterocycles. The van der Waals surface area contributed by atoms with Crippen molar-refractivity contribution in [1.82, 2.24) is 5.32 Å². The van der Waals surface area contributed by atoms with E-state index >= 15 is 0 Å². The highest BCUT2D eigenvalue weighted by molar-refractivity contribution is 6.10. The highest BCUT2D eigenvalue weighted by atomic mass is 16.5. The van der Waals surface area contributed by atoms with Crippen molar-refractivity contribution in [3.8, 4) is 0 Å². The molecule has 2 aromatic carbocycles. The van der Waals surface area contributed by atoms with Crippen molar-refractivity contribution in [3.05, 3.63) is 71.3 Å². The minimum absolute atomic E-state index is 0.0381. The maximum atomic E-state index is 13.4. The van der Waals surface area contributed by atoms with Gasteiger partial charge in [0.1, 0.15) is 5.92 Å². The molecule has 0 aliphatic carbocycles. The van der Waals surface area contributed by atoms with Gasteiger partial charge in [-0.1, -0.05) is 48.5 Å². The maximum Gasteiger partial charge on any atom is 0.338 e. The van der Waals surface area contributed by atoms with Crippen molar-refractivity contribution in [3.63, 3.8) is 0 Å². The molecule has 0 spiro atoms. The SMILES string of the molecule is CCOC(=O)c1ccccc1CC(C(=O)c1ccccc1)C1=[NH+]CCCCN1. The number of hydrogen-bond donors (Lipinski definition) is 2. The van der Waals surface area contributed by atoms with Crippen molar-refractivity contribution >= 4 is 17.6 Å². The summed E-state index contributed by atoms with van der Waals surface area (Å²) in [6.45, 7) is 3.78. The summed E-state index contributed by atoms with van der Waals surface area (Å²) in [5, 5.41) is 3.39. The number of nitrogens with one attached hydrogen (secondary N) is 2. The number of rotatable bonds is 7. The molecule has 0 bridgehead atoms. The van der Waals surface area contributed by atoms with E-state index in [4.69, 9.17) is 4.74 Å². The third-order valence-corrected chi connectivity index (χ3v) is 4.89. The Bertz CT molecular complexity index is 846. The van der Waals surface area contributed by atoms with Crippen LogP contribution < -0.4 is 10.3 Å². The van der Waals surface area contributed by atoms with Crippen LogP contribution in [0.4, 0.5) is 0 Å². The predicted octanol–water partition coefficient (Wildman–Crippen LogP) is 1.77. The monoisotopic (exact) mass is 379 g/mol. The molecule has 0 amide bonds. The van der Waals surface area contributed by atoms with Gasteiger partial charge in [0.05, 0.1) is 25.3 Å². The Morgan fingerprint density at radius 1 is 1.07 bits per heavy atom. The number of ether oxygens (including phenoxy) is 1. The van der Waals surface area contributed by atoms with Gasteiger partial charge in [-0.2, -0.15) is 0 Å². The van der Waals surface area contributed by atoms with E-state index in [-0.39, 0.29) is 11.8 Å². The largest absolute Gasteiger partial charge is 0.462 e. The highest BCUT2D eigenvalue weighted by Crippen LogP contribution is 2.19. The predicted molar refractivity (Wildman–Crippen MR) is 108 cm³/mol. The molecule has 3 rings (SSSR count). The molecule has 2 aromatic rings. The summed E-state index contributed by atoms with van der Waals surface area (Å²) in [6, 6.07) is 16.7. The first-order chi connectivity index (χ1) is 13.7. The Labute approximate surface area is 165 Å². The highest BCUT2D eigenvalue weighted by Gasteiger charge is 2.32. The number of carbonyl (C=O) groups excluding carboxylic acids is 2. The van der Waals surface area contributed by atoms with Gasteiger partial charge in [-0.15, -0.1) is 0 Å². The zero-order chi connectivity index (χ0) is 19.8. The minimum Gasteiger partial charge on any atom is -0.462 e. The first-order valence-corrected chi connectivity index (χ1v) is 9.89. The van der Waals surface area contributed by atoms with Crippen LogP contribution in [-0.4, -0.2) is 37.3 Å². The molecule has 1 unspecified atom stereocenters. The number of amidine groups is 1. The lowest BCUT2D eigenvalue weighted by Crippen LogP contribution is -2.77. The number of hydrogen-bond acceptors (Lipinski definition) is 4. The molecule has 0 saturated heterocycles. The third kappa shape index (κ3) is 4.85. The molecule has 5 nitrogen and oxygen atoms in total. The van der Waals surface area contributed by atoms with E-state index in [1.165, 1.54) is 0 Å². The van der Waals surface area contributed by atoms with Crippen LogP contribution in [-0.2, 0) is 11.2 Å². The summed E-state index contributed by atoms with van der Waals surface area (Å²) in [5.41, 5.74) is 2.00. The second kappa shape index (κ2) is 9.83. The first kappa shape index (κ1) is 19.8. The molecule has 0 fully saturated rings. The molecule has 5 heteroatoms. The van der Waals surface area contributed by atoms with Crippen LogP contribution in [0.1, 0.15) is 46.0 Å². The van der Waals surface area contributed by atoms with Crippen LogP contribution in [0.3, 0.4) is 0 Å². The van der Waals surface area contributed by atoms with Crippen LogP contribution in [0.25, 0.3) is 0 Å². The summed E-state index contributed by atoms with van der Waals surface area (Å²) in [6.07, 6.45) is 2.54. The minimum atomic E-state index is -0.406. The molecule has 1 atom stereocenters. The molecular weight excluding hydrogens is 352 g/mol. The summed E-state index contributed by atoms with van der Waals surface area (Å²) in [4.78, 5) is 29.1. The quantitative estimate of drug-likeness (QED) is 0.568. The van der Waals surface area contributed by atoms with E-state index in [1.54, 1.807) is 13.0 Å². The van der Waals surface area contributed by atoms with Gasteiger partial charge in [0.25, 0.3) is 5.84 Å². The number of ketones is 1. The van der Waals surface area contributed by atoms with Crippen molar-refractivity contribution in [2.24, 2.45) is 5.92 Å². The van der Waals surface area contributed by atoms with Crippen LogP contribution >= 0.6 is 0 Å². The fourth-order valence-electron chi connectivity index (χ4n) is 3.46. The normalized spacial score (nSPS) is 15.0. The zero-order valence-corrected chi connectivity index (χ0v) is 16.2. The molecule has 28 heavy (non-hydrogen) atoms. The molecule has 146 valence electrons. The lowest BCUT2D eigenvalue weighted by atomic mass is 9.88.